The number of halogens is 3. The van der Waals surface area contributed by atoms with Crippen LogP contribution in [0, 0.1) is 5.82 Å². The van der Waals surface area contributed by atoms with Gasteiger partial charge in [-0.25, -0.2) is 18.0 Å². The van der Waals surface area contributed by atoms with Crippen molar-refractivity contribution in [3.05, 3.63) is 71.0 Å². The standard InChI is InChI=1S/C21H22F3N3O/c1-26(18-12-25-13-21(18,23)24)20(28)27-11-10-14-4-2-3-5-17(14)19(27)15-6-8-16(22)9-7-15/h2-9,18-19,25H,10-13H2,1H3. The fourth-order valence-electron chi connectivity index (χ4n) is 4.18. The molecule has 0 bridgehead atoms. The third-order valence-electron chi connectivity index (χ3n) is 5.67. The lowest BCUT2D eigenvalue weighted by atomic mass is 9.88. The number of likely N-dealkylation sites (N-methyl/N-ethyl adjacent to an activating group) is 1. The number of carbonyl (C=O) groups excluding carboxylic acids is 1. The Labute approximate surface area is 161 Å². The average molecular weight is 389 g/mol. The number of hydrogen-bond acceptors (Lipinski definition) is 2. The van der Waals surface area contributed by atoms with Crippen LogP contribution < -0.4 is 5.32 Å². The van der Waals surface area contributed by atoms with Gasteiger partial charge in [-0.2, -0.15) is 0 Å². The minimum atomic E-state index is -2.97. The SMILES string of the molecule is CN(C(=O)N1CCc2ccccc2C1c1ccc(F)cc1)C1CNCC1(F)F. The molecule has 0 radical (unpaired) electrons. The van der Waals surface area contributed by atoms with E-state index in [1.54, 1.807) is 17.0 Å². The van der Waals surface area contributed by atoms with Gasteiger partial charge in [0.15, 0.2) is 0 Å². The van der Waals surface area contributed by atoms with Crippen molar-refractivity contribution in [2.75, 3.05) is 26.7 Å². The van der Waals surface area contributed by atoms with Crippen LogP contribution in [0.3, 0.4) is 0 Å². The topological polar surface area (TPSA) is 35.6 Å². The minimum Gasteiger partial charge on any atom is -0.317 e. The van der Waals surface area contributed by atoms with Crippen molar-refractivity contribution in [1.29, 1.82) is 0 Å². The lowest BCUT2D eigenvalue weighted by Crippen LogP contribution is -2.54. The van der Waals surface area contributed by atoms with Crippen molar-refractivity contribution in [2.45, 2.75) is 24.4 Å². The minimum absolute atomic E-state index is 0.0564. The summed E-state index contributed by atoms with van der Waals surface area (Å²) in [4.78, 5) is 16.0. The maximum Gasteiger partial charge on any atom is 0.321 e. The number of amides is 2. The van der Waals surface area contributed by atoms with E-state index >= 15 is 0 Å². The molecule has 2 aliphatic rings. The number of benzene rings is 2. The van der Waals surface area contributed by atoms with Crippen molar-refractivity contribution < 1.29 is 18.0 Å². The first kappa shape index (κ1) is 18.8. The van der Waals surface area contributed by atoms with Crippen molar-refractivity contribution in [2.24, 2.45) is 0 Å². The Kier molecular flexibility index (Phi) is 4.79. The lowest BCUT2D eigenvalue weighted by molar-refractivity contribution is -0.0344. The number of urea groups is 1. The fourth-order valence-corrected chi connectivity index (χ4v) is 4.18. The number of alkyl halides is 2. The van der Waals surface area contributed by atoms with Gasteiger partial charge < -0.3 is 15.1 Å². The molecule has 0 aliphatic carbocycles. The third-order valence-corrected chi connectivity index (χ3v) is 5.67. The number of hydrogen-bond donors (Lipinski definition) is 1. The zero-order valence-corrected chi connectivity index (χ0v) is 15.5. The molecule has 2 aromatic rings. The van der Waals surface area contributed by atoms with Crippen molar-refractivity contribution in [3.8, 4) is 0 Å². The second-order valence-electron chi connectivity index (χ2n) is 7.40. The van der Waals surface area contributed by atoms with E-state index in [1.165, 1.54) is 19.2 Å². The zero-order valence-electron chi connectivity index (χ0n) is 15.5. The summed E-state index contributed by atoms with van der Waals surface area (Å²) >= 11 is 0. The summed E-state index contributed by atoms with van der Waals surface area (Å²) in [5.41, 5.74) is 2.81. The van der Waals surface area contributed by atoms with Gasteiger partial charge in [0.2, 0.25) is 0 Å². The molecule has 28 heavy (non-hydrogen) atoms. The Bertz CT molecular complexity index is 871. The molecule has 0 aromatic heterocycles. The Morgan fingerprint density at radius 1 is 1.18 bits per heavy atom. The molecule has 1 saturated heterocycles. The van der Waals surface area contributed by atoms with Crippen LogP contribution in [0.25, 0.3) is 0 Å². The maximum atomic E-state index is 14.2. The van der Waals surface area contributed by atoms with Crippen LogP contribution in [-0.4, -0.2) is 54.5 Å². The Morgan fingerprint density at radius 3 is 2.57 bits per heavy atom. The molecule has 148 valence electrons. The monoisotopic (exact) mass is 389 g/mol. The van der Waals surface area contributed by atoms with Gasteiger partial charge in [0.1, 0.15) is 11.9 Å². The van der Waals surface area contributed by atoms with E-state index in [-0.39, 0.29) is 12.4 Å². The molecule has 0 saturated carbocycles. The van der Waals surface area contributed by atoms with Gasteiger partial charge in [0.05, 0.1) is 12.6 Å². The molecule has 2 amide bonds. The second kappa shape index (κ2) is 7.13. The molecule has 1 N–H and O–H groups in total. The highest BCUT2D eigenvalue weighted by molar-refractivity contribution is 5.76. The van der Waals surface area contributed by atoms with E-state index in [0.29, 0.717) is 13.0 Å². The Balaban J connectivity index is 1.70. The summed E-state index contributed by atoms with van der Waals surface area (Å²) in [6.07, 6.45) is 0.646. The first-order valence-electron chi connectivity index (χ1n) is 9.34. The predicted octanol–water partition coefficient (Wildman–Crippen LogP) is 3.43. The van der Waals surface area contributed by atoms with Crippen molar-refractivity contribution in [3.63, 3.8) is 0 Å². The highest BCUT2D eigenvalue weighted by atomic mass is 19.3. The molecular formula is C21H22F3N3O. The van der Waals surface area contributed by atoms with Crippen LogP contribution in [0.4, 0.5) is 18.0 Å². The van der Waals surface area contributed by atoms with Crippen molar-refractivity contribution >= 4 is 6.03 Å². The average Bonchev–Trinajstić information content (AvgIpc) is 3.05. The first-order valence-corrected chi connectivity index (χ1v) is 9.34. The largest absolute Gasteiger partial charge is 0.321 e. The maximum absolute atomic E-state index is 14.2. The molecule has 1 fully saturated rings. The number of rotatable bonds is 2. The molecule has 4 nitrogen and oxygen atoms in total. The van der Waals surface area contributed by atoms with E-state index in [4.69, 9.17) is 0 Å². The van der Waals surface area contributed by atoms with E-state index in [1.807, 2.05) is 24.3 Å². The van der Waals surface area contributed by atoms with Crippen LogP contribution in [0.1, 0.15) is 22.7 Å². The molecule has 0 spiro atoms. The summed E-state index contributed by atoms with van der Waals surface area (Å²) in [5, 5.41) is 2.66. The molecule has 2 aliphatic heterocycles. The summed E-state index contributed by atoms with van der Waals surface area (Å²) in [6.45, 7) is 0.0361. The van der Waals surface area contributed by atoms with Crippen molar-refractivity contribution in [1.82, 2.24) is 15.1 Å². The fraction of sp³-hybridized carbons (Fsp3) is 0.381. The summed E-state index contributed by atoms with van der Waals surface area (Å²) in [7, 11) is 1.43. The van der Waals surface area contributed by atoms with E-state index in [9.17, 15) is 18.0 Å². The summed E-state index contributed by atoms with van der Waals surface area (Å²) in [6, 6.07) is 11.7. The molecule has 2 aromatic carbocycles. The van der Waals surface area contributed by atoms with Crippen LogP contribution in [0.2, 0.25) is 0 Å². The van der Waals surface area contributed by atoms with E-state index in [2.05, 4.69) is 5.32 Å². The highest BCUT2D eigenvalue weighted by Gasteiger charge is 2.49. The molecule has 7 heteroatoms. The van der Waals surface area contributed by atoms with Gasteiger partial charge in [-0.05, 0) is 35.2 Å². The summed E-state index contributed by atoms with van der Waals surface area (Å²) in [5.74, 6) is -3.33. The van der Waals surface area contributed by atoms with Crippen LogP contribution >= 0.6 is 0 Å². The normalized spacial score (nSPS) is 23.4. The first-order chi connectivity index (χ1) is 13.4. The van der Waals surface area contributed by atoms with Gasteiger partial charge >= 0.3 is 6.03 Å². The molecule has 2 atom stereocenters. The van der Waals surface area contributed by atoms with Gasteiger partial charge in [-0.3, -0.25) is 0 Å². The lowest BCUT2D eigenvalue weighted by Gasteiger charge is -2.41. The van der Waals surface area contributed by atoms with Gasteiger partial charge in [-0.15, -0.1) is 0 Å². The van der Waals surface area contributed by atoms with Crippen LogP contribution in [0.15, 0.2) is 48.5 Å². The zero-order chi connectivity index (χ0) is 19.9. The molecule has 2 heterocycles. The quantitative estimate of drug-likeness (QED) is 0.854. The summed E-state index contributed by atoms with van der Waals surface area (Å²) < 4.78 is 41.8. The number of fused-ring (bicyclic) bond motifs is 1. The Morgan fingerprint density at radius 2 is 1.89 bits per heavy atom. The van der Waals surface area contributed by atoms with E-state index in [0.717, 1.165) is 21.6 Å². The Hall–Kier alpha value is -2.54. The molecule has 4 rings (SSSR count). The third kappa shape index (κ3) is 3.24. The molecule has 2 unspecified atom stereocenters. The van der Waals surface area contributed by atoms with Gasteiger partial charge in [0.25, 0.3) is 5.92 Å². The van der Waals surface area contributed by atoms with Crippen LogP contribution in [0.5, 0.6) is 0 Å². The number of carbonyl (C=O) groups is 1. The van der Waals surface area contributed by atoms with Crippen LogP contribution in [-0.2, 0) is 6.42 Å². The second-order valence-corrected chi connectivity index (χ2v) is 7.40. The van der Waals surface area contributed by atoms with E-state index < -0.39 is 30.6 Å². The number of nitrogens with zero attached hydrogens (tertiary/aromatic N) is 2. The molecular weight excluding hydrogens is 367 g/mol. The highest BCUT2D eigenvalue weighted by Crippen LogP contribution is 2.37. The van der Waals surface area contributed by atoms with Gasteiger partial charge in [0, 0.05) is 20.1 Å². The number of nitrogens with one attached hydrogen (secondary N) is 1. The van der Waals surface area contributed by atoms with Gasteiger partial charge in [-0.1, -0.05) is 36.4 Å². The predicted molar refractivity (Wildman–Crippen MR) is 99.9 cm³/mol. The smallest absolute Gasteiger partial charge is 0.317 e.